The van der Waals surface area contributed by atoms with Gasteiger partial charge in [0.25, 0.3) is 0 Å². The molecule has 1 aliphatic heterocycles. The average Bonchev–Trinajstić information content (AvgIpc) is 2.78. The van der Waals surface area contributed by atoms with Crippen LogP contribution in [0.2, 0.25) is 0 Å². The molecule has 1 rings (SSSR count). The van der Waals surface area contributed by atoms with Crippen molar-refractivity contribution in [2.45, 2.75) is 51.2 Å². The normalized spacial score (nSPS) is 21.4. The molecule has 1 aliphatic rings. The molecule has 1 atom stereocenters. The van der Waals surface area contributed by atoms with Crippen molar-refractivity contribution < 1.29 is 13.2 Å². The highest BCUT2D eigenvalue weighted by Crippen LogP contribution is 2.18. The lowest BCUT2D eigenvalue weighted by Crippen LogP contribution is -2.48. The van der Waals surface area contributed by atoms with Crippen molar-refractivity contribution in [2.75, 3.05) is 12.4 Å². The van der Waals surface area contributed by atoms with Crippen molar-refractivity contribution >= 4 is 10.0 Å². The zero-order valence-corrected chi connectivity index (χ0v) is 11.2. The van der Waals surface area contributed by atoms with E-state index in [1.165, 1.54) is 0 Å². The Labute approximate surface area is 103 Å². The molecule has 0 bridgehead atoms. The smallest absolute Gasteiger partial charge is 0.215 e. The van der Waals surface area contributed by atoms with Crippen molar-refractivity contribution in [3.63, 3.8) is 0 Å². The van der Waals surface area contributed by atoms with Gasteiger partial charge in [-0.2, -0.15) is 9.98 Å². The Morgan fingerprint density at radius 2 is 2.12 bits per heavy atom. The van der Waals surface area contributed by atoms with Crippen LogP contribution in [0.4, 0.5) is 0 Å². The van der Waals surface area contributed by atoms with Crippen LogP contribution in [0.25, 0.3) is 0 Å². The minimum Gasteiger partial charge on any atom is -0.377 e. The molecular weight excluding hydrogens is 240 g/mol. The third-order valence-electron chi connectivity index (χ3n) is 3.20. The minimum atomic E-state index is -3.46. The first kappa shape index (κ1) is 14.4. The molecule has 0 radical (unpaired) electrons. The number of nitrogens with zero attached hydrogens (tertiary/aromatic N) is 1. The largest absolute Gasteiger partial charge is 0.377 e. The van der Waals surface area contributed by atoms with Gasteiger partial charge in [0.1, 0.15) is 5.54 Å². The summed E-state index contributed by atoms with van der Waals surface area (Å²) in [5.74, 6) is -0.0452. The van der Waals surface area contributed by atoms with E-state index in [1.807, 2.05) is 0 Å². The fraction of sp³-hybridized carbons (Fsp3) is 0.909. The molecule has 0 amide bonds. The zero-order valence-electron chi connectivity index (χ0n) is 10.4. The molecule has 1 saturated heterocycles. The maximum Gasteiger partial charge on any atom is 0.215 e. The van der Waals surface area contributed by atoms with Crippen LogP contribution in [-0.4, -0.2) is 32.4 Å². The van der Waals surface area contributed by atoms with Gasteiger partial charge in [0, 0.05) is 6.61 Å². The van der Waals surface area contributed by atoms with Gasteiger partial charge in [-0.1, -0.05) is 13.8 Å². The topological polar surface area (TPSA) is 79.2 Å². The first-order chi connectivity index (χ1) is 7.97. The summed E-state index contributed by atoms with van der Waals surface area (Å²) < 4.78 is 31.7. The third-order valence-corrected chi connectivity index (χ3v) is 4.71. The van der Waals surface area contributed by atoms with Gasteiger partial charge >= 0.3 is 0 Å². The first-order valence-corrected chi connectivity index (χ1v) is 7.66. The molecule has 0 aromatic rings. The van der Waals surface area contributed by atoms with E-state index >= 15 is 0 Å². The molecular formula is C11H20N2O3S. The Morgan fingerprint density at radius 3 is 2.53 bits per heavy atom. The molecule has 1 fully saturated rings. The molecule has 1 heterocycles. The SMILES string of the molecule is CCC(C#N)(CC)NS(=O)(=O)CC1CCCO1. The number of hydrogen-bond donors (Lipinski definition) is 1. The lowest BCUT2D eigenvalue weighted by molar-refractivity contribution is 0.127. The van der Waals surface area contributed by atoms with Crippen molar-refractivity contribution in [3.8, 4) is 6.07 Å². The quantitative estimate of drug-likeness (QED) is 0.777. The van der Waals surface area contributed by atoms with E-state index in [0.29, 0.717) is 19.4 Å². The molecule has 1 N–H and O–H groups in total. The number of rotatable bonds is 6. The Kier molecular flexibility index (Phi) is 4.92. The van der Waals surface area contributed by atoms with Gasteiger partial charge in [0.15, 0.2) is 0 Å². The van der Waals surface area contributed by atoms with Crippen molar-refractivity contribution in [1.29, 1.82) is 5.26 Å². The van der Waals surface area contributed by atoms with Gasteiger partial charge in [-0.3, -0.25) is 0 Å². The maximum atomic E-state index is 11.9. The highest BCUT2D eigenvalue weighted by atomic mass is 32.2. The predicted molar refractivity (Wildman–Crippen MR) is 64.8 cm³/mol. The number of ether oxygens (including phenoxy) is 1. The summed E-state index contributed by atoms with van der Waals surface area (Å²) in [6.45, 7) is 4.24. The minimum absolute atomic E-state index is 0.0452. The molecule has 0 aliphatic carbocycles. The molecule has 0 aromatic heterocycles. The highest BCUT2D eigenvalue weighted by molar-refractivity contribution is 7.89. The first-order valence-electron chi connectivity index (χ1n) is 6.01. The highest BCUT2D eigenvalue weighted by Gasteiger charge is 2.33. The van der Waals surface area contributed by atoms with Gasteiger partial charge < -0.3 is 4.74 Å². The van der Waals surface area contributed by atoms with E-state index in [2.05, 4.69) is 10.8 Å². The van der Waals surface area contributed by atoms with Crippen LogP contribution in [-0.2, 0) is 14.8 Å². The van der Waals surface area contributed by atoms with Crippen molar-refractivity contribution in [2.24, 2.45) is 0 Å². The fourth-order valence-corrected chi connectivity index (χ4v) is 3.70. The summed E-state index contributed by atoms with van der Waals surface area (Å²) >= 11 is 0. The van der Waals surface area contributed by atoms with E-state index in [1.54, 1.807) is 13.8 Å². The number of nitriles is 1. The van der Waals surface area contributed by atoms with E-state index in [-0.39, 0.29) is 11.9 Å². The van der Waals surface area contributed by atoms with Crippen LogP contribution < -0.4 is 4.72 Å². The van der Waals surface area contributed by atoms with Gasteiger partial charge in [-0.25, -0.2) is 8.42 Å². The third kappa shape index (κ3) is 3.95. The molecule has 5 nitrogen and oxygen atoms in total. The summed E-state index contributed by atoms with van der Waals surface area (Å²) in [4.78, 5) is 0. The van der Waals surface area contributed by atoms with Gasteiger partial charge in [-0.15, -0.1) is 0 Å². The van der Waals surface area contributed by atoms with Crippen molar-refractivity contribution in [1.82, 2.24) is 4.72 Å². The second-order valence-electron chi connectivity index (χ2n) is 4.42. The van der Waals surface area contributed by atoms with Crippen molar-refractivity contribution in [3.05, 3.63) is 0 Å². The van der Waals surface area contributed by atoms with E-state index in [9.17, 15) is 8.42 Å². The standard InChI is InChI=1S/C11H20N2O3S/c1-3-11(4-2,9-12)13-17(14,15)8-10-6-5-7-16-10/h10,13H,3-8H2,1-2H3. The van der Waals surface area contributed by atoms with Gasteiger partial charge in [0.05, 0.1) is 17.9 Å². The van der Waals surface area contributed by atoms with Crippen LogP contribution in [0, 0.1) is 11.3 Å². The number of nitrogens with one attached hydrogen (secondary N) is 1. The van der Waals surface area contributed by atoms with Crippen LogP contribution in [0.3, 0.4) is 0 Å². The molecule has 0 saturated carbocycles. The fourth-order valence-electron chi connectivity index (χ4n) is 1.94. The lowest BCUT2D eigenvalue weighted by atomic mass is 9.97. The van der Waals surface area contributed by atoms with E-state index < -0.39 is 15.6 Å². The molecule has 98 valence electrons. The Bertz CT molecular complexity index is 376. The Balaban J connectivity index is 2.67. The maximum absolute atomic E-state index is 11.9. The van der Waals surface area contributed by atoms with E-state index in [4.69, 9.17) is 10.00 Å². The molecule has 1 unspecified atom stereocenters. The average molecular weight is 260 g/mol. The van der Waals surface area contributed by atoms with Crippen LogP contribution in [0.5, 0.6) is 0 Å². The van der Waals surface area contributed by atoms with Crippen LogP contribution >= 0.6 is 0 Å². The van der Waals surface area contributed by atoms with Crippen LogP contribution in [0.1, 0.15) is 39.5 Å². The monoisotopic (exact) mass is 260 g/mol. The Morgan fingerprint density at radius 1 is 1.47 bits per heavy atom. The summed E-state index contributed by atoms with van der Waals surface area (Å²) in [7, 11) is -3.46. The zero-order chi connectivity index (χ0) is 12.9. The van der Waals surface area contributed by atoms with Gasteiger partial charge in [0.2, 0.25) is 10.0 Å². The number of hydrogen-bond acceptors (Lipinski definition) is 4. The molecule has 17 heavy (non-hydrogen) atoms. The second-order valence-corrected chi connectivity index (χ2v) is 6.19. The molecule has 0 spiro atoms. The lowest BCUT2D eigenvalue weighted by Gasteiger charge is -2.25. The summed E-state index contributed by atoms with van der Waals surface area (Å²) in [6, 6.07) is 2.06. The molecule has 6 heteroatoms. The summed E-state index contributed by atoms with van der Waals surface area (Å²) in [5, 5.41) is 9.09. The number of sulfonamides is 1. The predicted octanol–water partition coefficient (Wildman–Crippen LogP) is 1.17. The van der Waals surface area contributed by atoms with Gasteiger partial charge in [-0.05, 0) is 25.7 Å². The van der Waals surface area contributed by atoms with E-state index in [0.717, 1.165) is 12.8 Å². The van der Waals surface area contributed by atoms with Crippen LogP contribution in [0.15, 0.2) is 0 Å². The second kappa shape index (κ2) is 5.80. The summed E-state index contributed by atoms with van der Waals surface area (Å²) in [6.07, 6.45) is 2.39. The summed E-state index contributed by atoms with van der Waals surface area (Å²) in [5.41, 5.74) is -0.975. The molecule has 0 aromatic carbocycles. The Hall–Kier alpha value is -0.640.